The number of rotatable bonds is 4. The largest absolute Gasteiger partial charge is 0.294 e. The number of sulfone groups is 2. The number of ketones is 1. The number of carbonyl (C=O) groups is 1. The lowest BCUT2D eigenvalue weighted by Gasteiger charge is -2.20. The SMILES string of the molecule is CC1C(=O)C=C2C1=C(S(=O)(=O)c1ccccc1)CCCC2S(=O)(=O)c1ccccc1. The minimum Gasteiger partial charge on any atom is -0.294 e. The Bertz CT molecular complexity index is 1260. The molecule has 0 aromatic heterocycles. The average Bonchev–Trinajstić information content (AvgIpc) is 2.91. The van der Waals surface area contributed by atoms with E-state index in [9.17, 15) is 21.6 Å². The highest BCUT2D eigenvalue weighted by molar-refractivity contribution is 7.95. The molecule has 2 aliphatic carbocycles. The Kier molecular flexibility index (Phi) is 5.28. The molecule has 0 N–H and O–H groups in total. The van der Waals surface area contributed by atoms with Crippen LogP contribution in [0.4, 0.5) is 0 Å². The van der Waals surface area contributed by atoms with E-state index in [1.165, 1.54) is 30.3 Å². The number of benzene rings is 2. The third kappa shape index (κ3) is 3.36. The highest BCUT2D eigenvalue weighted by Gasteiger charge is 2.43. The maximum Gasteiger partial charge on any atom is 0.203 e. The zero-order chi connectivity index (χ0) is 21.5. The molecule has 0 bridgehead atoms. The molecule has 0 amide bonds. The van der Waals surface area contributed by atoms with E-state index in [4.69, 9.17) is 0 Å². The Morgan fingerprint density at radius 2 is 1.40 bits per heavy atom. The first-order chi connectivity index (χ1) is 14.2. The predicted octanol–water partition coefficient (Wildman–Crippen LogP) is 3.89. The fraction of sp³-hybridized carbons (Fsp3) is 0.261. The Morgan fingerprint density at radius 3 is 2.00 bits per heavy atom. The quantitative estimate of drug-likeness (QED) is 0.717. The number of hydrogen-bond acceptors (Lipinski definition) is 5. The van der Waals surface area contributed by atoms with Crippen molar-refractivity contribution in [3.63, 3.8) is 0 Å². The van der Waals surface area contributed by atoms with Gasteiger partial charge in [-0.25, -0.2) is 16.8 Å². The molecule has 0 saturated heterocycles. The van der Waals surface area contributed by atoms with Crippen LogP contribution >= 0.6 is 0 Å². The molecule has 0 saturated carbocycles. The second-order valence-corrected chi connectivity index (χ2v) is 11.7. The maximum atomic E-state index is 13.4. The second-order valence-electron chi connectivity index (χ2n) is 7.62. The second kappa shape index (κ2) is 7.63. The van der Waals surface area contributed by atoms with E-state index in [2.05, 4.69) is 0 Å². The van der Waals surface area contributed by atoms with E-state index in [-0.39, 0.29) is 33.3 Å². The molecule has 2 aliphatic rings. The van der Waals surface area contributed by atoms with Crippen LogP contribution in [0.5, 0.6) is 0 Å². The Balaban J connectivity index is 1.90. The average molecular weight is 443 g/mol. The van der Waals surface area contributed by atoms with Gasteiger partial charge in [0.1, 0.15) is 0 Å². The molecule has 2 atom stereocenters. The smallest absolute Gasteiger partial charge is 0.203 e. The van der Waals surface area contributed by atoms with Crippen LogP contribution in [0.25, 0.3) is 0 Å². The summed E-state index contributed by atoms with van der Waals surface area (Å²) in [5, 5.41) is -0.938. The highest BCUT2D eigenvalue weighted by atomic mass is 32.2. The van der Waals surface area contributed by atoms with Crippen LogP contribution in [0.3, 0.4) is 0 Å². The van der Waals surface area contributed by atoms with Gasteiger partial charge in [0, 0.05) is 5.92 Å². The van der Waals surface area contributed by atoms with Gasteiger partial charge in [0.2, 0.25) is 9.84 Å². The summed E-state index contributed by atoms with van der Waals surface area (Å²) in [5.74, 6) is -0.934. The van der Waals surface area contributed by atoms with E-state index >= 15 is 0 Å². The summed E-state index contributed by atoms with van der Waals surface area (Å²) < 4.78 is 53.6. The first-order valence-electron chi connectivity index (χ1n) is 9.82. The maximum absolute atomic E-state index is 13.4. The first-order valence-corrected chi connectivity index (χ1v) is 12.9. The van der Waals surface area contributed by atoms with Crippen molar-refractivity contribution >= 4 is 25.5 Å². The van der Waals surface area contributed by atoms with Gasteiger partial charge in [-0.3, -0.25) is 4.79 Å². The highest BCUT2D eigenvalue weighted by Crippen LogP contribution is 2.44. The van der Waals surface area contributed by atoms with Crippen molar-refractivity contribution in [3.05, 3.63) is 82.8 Å². The van der Waals surface area contributed by atoms with E-state index in [0.29, 0.717) is 17.6 Å². The van der Waals surface area contributed by atoms with Crippen LogP contribution in [0.15, 0.2) is 92.6 Å². The van der Waals surface area contributed by atoms with Gasteiger partial charge < -0.3 is 0 Å². The molecule has 2 aromatic rings. The van der Waals surface area contributed by atoms with E-state index in [0.717, 1.165) is 0 Å². The van der Waals surface area contributed by atoms with Crippen LogP contribution in [0.2, 0.25) is 0 Å². The standard InChI is InChI=1S/C23H22O5S2/c1-16-20(24)15-19-21(29(25,26)17-9-4-2-5-10-17)13-8-14-22(23(16)19)30(27,28)18-11-6-3-7-12-18/h2-7,9-12,15-16,21H,8,13-14H2,1H3. The van der Waals surface area contributed by atoms with Crippen LogP contribution in [0, 0.1) is 5.92 Å². The van der Waals surface area contributed by atoms with Crippen molar-refractivity contribution in [2.75, 3.05) is 0 Å². The van der Waals surface area contributed by atoms with E-state index in [1.807, 2.05) is 0 Å². The van der Waals surface area contributed by atoms with Gasteiger partial charge >= 0.3 is 0 Å². The molecule has 156 valence electrons. The van der Waals surface area contributed by atoms with Gasteiger partial charge in [0.05, 0.1) is 19.9 Å². The lowest BCUT2D eigenvalue weighted by molar-refractivity contribution is -0.116. The van der Waals surface area contributed by atoms with Crippen molar-refractivity contribution in [3.8, 4) is 0 Å². The zero-order valence-corrected chi connectivity index (χ0v) is 18.1. The number of allylic oxidation sites excluding steroid dienone is 3. The van der Waals surface area contributed by atoms with Crippen molar-refractivity contribution in [1.29, 1.82) is 0 Å². The summed E-state index contributed by atoms with van der Waals surface area (Å²) in [5.41, 5.74) is 0.703. The summed E-state index contributed by atoms with van der Waals surface area (Å²) in [6.07, 6.45) is 2.22. The number of hydrogen-bond donors (Lipinski definition) is 0. The lowest BCUT2D eigenvalue weighted by atomic mass is 9.98. The Morgan fingerprint density at radius 1 is 0.833 bits per heavy atom. The summed E-state index contributed by atoms with van der Waals surface area (Å²) >= 11 is 0. The molecule has 5 nitrogen and oxygen atoms in total. The third-order valence-electron chi connectivity index (χ3n) is 5.81. The van der Waals surface area contributed by atoms with E-state index in [1.54, 1.807) is 43.3 Å². The molecule has 0 fully saturated rings. The fourth-order valence-electron chi connectivity index (χ4n) is 4.27. The Labute approximate surface area is 177 Å². The summed E-state index contributed by atoms with van der Waals surface area (Å²) in [7, 11) is -7.61. The molecule has 0 spiro atoms. The van der Waals surface area contributed by atoms with Gasteiger partial charge in [-0.05, 0) is 60.8 Å². The molecule has 2 unspecified atom stereocenters. The fourth-order valence-corrected chi connectivity index (χ4v) is 7.94. The molecule has 0 radical (unpaired) electrons. The summed E-state index contributed by atoms with van der Waals surface area (Å²) in [6, 6.07) is 16.2. The van der Waals surface area contributed by atoms with E-state index < -0.39 is 30.8 Å². The van der Waals surface area contributed by atoms with Crippen LogP contribution < -0.4 is 0 Å². The van der Waals surface area contributed by atoms with Crippen LogP contribution in [0.1, 0.15) is 26.2 Å². The monoisotopic (exact) mass is 442 g/mol. The molecule has 2 aromatic carbocycles. The van der Waals surface area contributed by atoms with Crippen LogP contribution in [-0.4, -0.2) is 27.9 Å². The minimum atomic E-state index is -3.84. The number of carbonyl (C=O) groups excluding carboxylic acids is 1. The molecular weight excluding hydrogens is 420 g/mol. The molecule has 0 heterocycles. The van der Waals surface area contributed by atoms with Gasteiger partial charge in [-0.1, -0.05) is 43.3 Å². The zero-order valence-electron chi connectivity index (χ0n) is 16.5. The summed E-state index contributed by atoms with van der Waals surface area (Å²) in [6.45, 7) is 1.65. The van der Waals surface area contributed by atoms with Gasteiger partial charge in [-0.2, -0.15) is 0 Å². The van der Waals surface area contributed by atoms with Crippen molar-refractivity contribution in [1.82, 2.24) is 0 Å². The third-order valence-corrected chi connectivity index (χ3v) is 9.94. The van der Waals surface area contributed by atoms with Gasteiger partial charge in [0.25, 0.3) is 0 Å². The molecule has 0 aliphatic heterocycles. The van der Waals surface area contributed by atoms with Crippen LogP contribution in [-0.2, 0) is 24.5 Å². The normalized spacial score (nSPS) is 22.4. The number of fused-ring (bicyclic) bond motifs is 1. The molecule has 30 heavy (non-hydrogen) atoms. The van der Waals surface area contributed by atoms with Gasteiger partial charge in [-0.15, -0.1) is 0 Å². The summed E-state index contributed by atoms with van der Waals surface area (Å²) in [4.78, 5) is 13.1. The topological polar surface area (TPSA) is 85.3 Å². The van der Waals surface area contributed by atoms with Crippen molar-refractivity contribution in [2.24, 2.45) is 5.92 Å². The van der Waals surface area contributed by atoms with Crippen molar-refractivity contribution < 1.29 is 21.6 Å². The van der Waals surface area contributed by atoms with Crippen molar-refractivity contribution in [2.45, 2.75) is 41.2 Å². The van der Waals surface area contributed by atoms with Gasteiger partial charge in [0.15, 0.2) is 15.6 Å². The minimum absolute atomic E-state index is 0.155. The molecule has 4 rings (SSSR count). The molecule has 7 heteroatoms. The Hall–Kier alpha value is -2.51. The lowest BCUT2D eigenvalue weighted by Crippen LogP contribution is -2.24. The first kappa shape index (κ1) is 20.8. The molecular formula is C23H22O5S2. The predicted molar refractivity (Wildman–Crippen MR) is 114 cm³/mol.